The van der Waals surface area contributed by atoms with Gasteiger partial charge in [-0.15, -0.1) is 0 Å². The molecule has 6 nitrogen and oxygen atoms in total. The van der Waals surface area contributed by atoms with E-state index in [2.05, 4.69) is 27.3 Å². The Balaban J connectivity index is 1.45. The first-order valence-electron chi connectivity index (χ1n) is 8.15. The molecule has 1 aliphatic rings. The number of nitrogens with one attached hydrogen (secondary N) is 1. The fourth-order valence-corrected chi connectivity index (χ4v) is 2.62. The summed E-state index contributed by atoms with van der Waals surface area (Å²) in [6.45, 7) is 2.21. The molecular weight excluding hydrogens is 302 g/mol. The molecule has 3 aromatic rings. The van der Waals surface area contributed by atoms with Gasteiger partial charge in [-0.2, -0.15) is 10.1 Å². The molecule has 1 aliphatic carbocycles. The molecule has 6 heteroatoms. The highest BCUT2D eigenvalue weighted by atomic mass is 16.5. The first kappa shape index (κ1) is 14.7. The lowest BCUT2D eigenvalue weighted by Gasteiger charge is -2.09. The second-order valence-electron chi connectivity index (χ2n) is 6.05. The van der Waals surface area contributed by atoms with Gasteiger partial charge in [0.1, 0.15) is 5.75 Å². The van der Waals surface area contributed by atoms with E-state index in [1.807, 2.05) is 41.2 Å². The molecule has 0 aliphatic heterocycles. The Labute approximate surface area is 140 Å². The maximum Gasteiger partial charge on any atom is 0.230 e. The Hall–Kier alpha value is -2.89. The molecule has 1 unspecified atom stereocenters. The number of para-hydroxylation sites is 1. The number of hydrogen-bond acceptors (Lipinski definition) is 5. The van der Waals surface area contributed by atoms with Crippen LogP contribution in [0.2, 0.25) is 0 Å². The lowest BCUT2D eigenvalue weighted by molar-refractivity contribution is 0.440. The largest absolute Gasteiger partial charge is 0.439 e. The molecule has 0 bridgehead atoms. The van der Waals surface area contributed by atoms with Crippen molar-refractivity contribution < 1.29 is 4.74 Å². The van der Waals surface area contributed by atoms with Gasteiger partial charge in [-0.25, -0.2) is 4.98 Å². The van der Waals surface area contributed by atoms with Crippen LogP contribution < -0.4 is 10.1 Å². The van der Waals surface area contributed by atoms with Crippen molar-refractivity contribution in [3.05, 3.63) is 55.0 Å². The number of ether oxygens (including phenoxy) is 1. The summed E-state index contributed by atoms with van der Waals surface area (Å²) in [5.74, 6) is 2.49. The van der Waals surface area contributed by atoms with Crippen molar-refractivity contribution in [1.82, 2.24) is 19.7 Å². The number of nitrogens with zero attached hydrogens (tertiary/aromatic N) is 4. The van der Waals surface area contributed by atoms with E-state index in [0.29, 0.717) is 17.9 Å². The lowest BCUT2D eigenvalue weighted by atomic mass is 10.2. The number of rotatable bonds is 6. The zero-order chi connectivity index (χ0) is 16.4. The SMILES string of the molecule is CC(C1CC1)n1cc(Nc2nccc(Oc3ccccc3)n2)cn1. The number of benzene rings is 1. The van der Waals surface area contributed by atoms with Gasteiger partial charge in [0.05, 0.1) is 17.9 Å². The fourth-order valence-electron chi connectivity index (χ4n) is 2.62. The molecule has 1 aromatic carbocycles. The van der Waals surface area contributed by atoms with Gasteiger partial charge in [0.25, 0.3) is 0 Å². The van der Waals surface area contributed by atoms with E-state index >= 15 is 0 Å². The average molecular weight is 321 g/mol. The van der Waals surface area contributed by atoms with Crippen LogP contribution in [0.1, 0.15) is 25.8 Å². The molecule has 0 radical (unpaired) electrons. The van der Waals surface area contributed by atoms with Crippen molar-refractivity contribution in [2.75, 3.05) is 5.32 Å². The summed E-state index contributed by atoms with van der Waals surface area (Å²) < 4.78 is 7.73. The van der Waals surface area contributed by atoms with Crippen molar-refractivity contribution in [2.45, 2.75) is 25.8 Å². The average Bonchev–Trinajstić information content (AvgIpc) is 3.35. The Kier molecular flexibility index (Phi) is 3.86. The van der Waals surface area contributed by atoms with E-state index in [-0.39, 0.29) is 0 Å². The highest BCUT2D eigenvalue weighted by Gasteiger charge is 2.29. The third-order valence-electron chi connectivity index (χ3n) is 4.17. The third kappa shape index (κ3) is 3.37. The van der Waals surface area contributed by atoms with Gasteiger partial charge < -0.3 is 10.1 Å². The summed E-state index contributed by atoms with van der Waals surface area (Å²) in [7, 11) is 0. The number of aromatic nitrogens is 4. The zero-order valence-corrected chi connectivity index (χ0v) is 13.5. The van der Waals surface area contributed by atoms with Gasteiger partial charge in [-0.1, -0.05) is 18.2 Å². The summed E-state index contributed by atoms with van der Waals surface area (Å²) >= 11 is 0. The van der Waals surface area contributed by atoms with Gasteiger partial charge in [0.15, 0.2) is 0 Å². The quantitative estimate of drug-likeness (QED) is 0.738. The van der Waals surface area contributed by atoms with Crippen LogP contribution in [0.25, 0.3) is 0 Å². The molecule has 4 rings (SSSR count). The molecule has 2 aromatic heterocycles. The van der Waals surface area contributed by atoms with E-state index in [1.165, 1.54) is 12.8 Å². The maximum atomic E-state index is 5.73. The van der Waals surface area contributed by atoms with Crippen molar-refractivity contribution in [3.8, 4) is 11.6 Å². The summed E-state index contributed by atoms with van der Waals surface area (Å²) in [5.41, 5.74) is 0.874. The summed E-state index contributed by atoms with van der Waals surface area (Å²) in [4.78, 5) is 8.62. The van der Waals surface area contributed by atoms with Gasteiger partial charge in [0, 0.05) is 18.5 Å². The van der Waals surface area contributed by atoms with Crippen LogP contribution in [0, 0.1) is 5.92 Å². The monoisotopic (exact) mass is 321 g/mol. The van der Waals surface area contributed by atoms with Crippen LogP contribution in [-0.4, -0.2) is 19.7 Å². The second kappa shape index (κ2) is 6.31. The van der Waals surface area contributed by atoms with Crippen molar-refractivity contribution in [2.24, 2.45) is 5.92 Å². The number of hydrogen-bond donors (Lipinski definition) is 1. The van der Waals surface area contributed by atoms with Crippen LogP contribution in [0.15, 0.2) is 55.0 Å². The molecule has 24 heavy (non-hydrogen) atoms. The first-order valence-corrected chi connectivity index (χ1v) is 8.15. The van der Waals surface area contributed by atoms with Crippen LogP contribution in [0.4, 0.5) is 11.6 Å². The smallest absolute Gasteiger partial charge is 0.230 e. The molecule has 122 valence electrons. The topological polar surface area (TPSA) is 64.9 Å². The maximum absolute atomic E-state index is 5.73. The van der Waals surface area contributed by atoms with Crippen molar-refractivity contribution >= 4 is 11.6 Å². The van der Waals surface area contributed by atoms with Crippen molar-refractivity contribution in [1.29, 1.82) is 0 Å². The second-order valence-corrected chi connectivity index (χ2v) is 6.05. The van der Waals surface area contributed by atoms with E-state index in [9.17, 15) is 0 Å². The van der Waals surface area contributed by atoms with Crippen LogP contribution in [0.3, 0.4) is 0 Å². The fraction of sp³-hybridized carbons (Fsp3) is 0.278. The van der Waals surface area contributed by atoms with E-state index in [0.717, 1.165) is 17.4 Å². The third-order valence-corrected chi connectivity index (χ3v) is 4.17. The Morgan fingerprint density at radius 2 is 2.04 bits per heavy atom. The summed E-state index contributed by atoms with van der Waals surface area (Å²) in [6.07, 6.45) is 8.06. The normalized spacial score (nSPS) is 15.0. The predicted octanol–water partition coefficient (Wildman–Crippen LogP) is 4.18. The van der Waals surface area contributed by atoms with Crippen LogP contribution in [-0.2, 0) is 0 Å². The molecule has 0 amide bonds. The summed E-state index contributed by atoms with van der Waals surface area (Å²) in [6, 6.07) is 11.7. The standard InChI is InChI=1S/C18H19N5O/c1-13(14-7-8-14)23-12-15(11-20-23)21-18-19-10-9-17(22-18)24-16-5-3-2-4-6-16/h2-6,9-14H,7-8H2,1H3,(H,19,21,22). The molecular formula is C18H19N5O. The van der Waals surface area contributed by atoms with Gasteiger partial charge in [0.2, 0.25) is 11.8 Å². The summed E-state index contributed by atoms with van der Waals surface area (Å²) in [5, 5.41) is 7.61. The molecule has 1 N–H and O–H groups in total. The molecule has 1 saturated carbocycles. The zero-order valence-electron chi connectivity index (χ0n) is 13.5. The Morgan fingerprint density at radius 3 is 2.83 bits per heavy atom. The first-order chi connectivity index (χ1) is 11.8. The molecule has 0 spiro atoms. The van der Waals surface area contributed by atoms with Crippen LogP contribution in [0.5, 0.6) is 11.6 Å². The molecule has 0 saturated heterocycles. The molecule has 2 heterocycles. The van der Waals surface area contributed by atoms with E-state index in [1.54, 1.807) is 18.5 Å². The minimum absolute atomic E-state index is 0.439. The minimum Gasteiger partial charge on any atom is -0.439 e. The highest BCUT2D eigenvalue weighted by Crippen LogP contribution is 2.39. The van der Waals surface area contributed by atoms with Gasteiger partial charge in [-0.3, -0.25) is 4.68 Å². The number of anilines is 2. The Bertz CT molecular complexity index is 813. The van der Waals surface area contributed by atoms with Gasteiger partial charge >= 0.3 is 0 Å². The molecule has 1 fully saturated rings. The highest BCUT2D eigenvalue weighted by molar-refractivity contribution is 5.50. The van der Waals surface area contributed by atoms with Crippen LogP contribution >= 0.6 is 0 Å². The molecule has 1 atom stereocenters. The van der Waals surface area contributed by atoms with E-state index in [4.69, 9.17) is 4.74 Å². The Morgan fingerprint density at radius 1 is 1.21 bits per heavy atom. The predicted molar refractivity (Wildman–Crippen MR) is 91.5 cm³/mol. The van der Waals surface area contributed by atoms with E-state index < -0.39 is 0 Å². The van der Waals surface area contributed by atoms with Gasteiger partial charge in [-0.05, 0) is 37.8 Å². The minimum atomic E-state index is 0.439. The lowest BCUT2D eigenvalue weighted by Crippen LogP contribution is -2.07. The van der Waals surface area contributed by atoms with Crippen molar-refractivity contribution in [3.63, 3.8) is 0 Å².